The predicted octanol–water partition coefficient (Wildman–Crippen LogP) is 2.58. The number of rotatable bonds is 3. The van der Waals surface area contributed by atoms with Gasteiger partial charge in [0.1, 0.15) is 4.88 Å². The first-order valence-electron chi connectivity index (χ1n) is 6.81. The van der Waals surface area contributed by atoms with E-state index >= 15 is 0 Å². The molecule has 2 heterocycles. The Hall–Kier alpha value is -1.64. The van der Waals surface area contributed by atoms with Gasteiger partial charge in [-0.2, -0.15) is 13.2 Å². The van der Waals surface area contributed by atoms with Crippen LogP contribution in [0.1, 0.15) is 35.1 Å². The summed E-state index contributed by atoms with van der Waals surface area (Å²) in [5, 5.41) is 0. The second-order valence-corrected chi connectivity index (χ2v) is 5.70. The largest absolute Gasteiger partial charge is 0.466 e. The van der Waals surface area contributed by atoms with Crippen molar-refractivity contribution in [3.63, 3.8) is 0 Å². The van der Waals surface area contributed by atoms with Gasteiger partial charge in [-0.1, -0.05) is 0 Å². The fraction of sp³-hybridized carbons (Fsp3) is 0.615. The van der Waals surface area contributed by atoms with E-state index in [-0.39, 0.29) is 31.6 Å². The summed E-state index contributed by atoms with van der Waals surface area (Å²) >= 11 is 0.679. The molecular formula is C13H15F3N2O3S. The molecule has 0 radical (unpaired) electrons. The molecule has 1 aromatic rings. The van der Waals surface area contributed by atoms with Crippen molar-refractivity contribution in [2.75, 3.05) is 19.7 Å². The van der Waals surface area contributed by atoms with Crippen molar-refractivity contribution < 1.29 is 27.5 Å². The molecule has 0 aromatic carbocycles. The maximum absolute atomic E-state index is 12.8. The normalized spacial score (nSPS) is 16.6. The summed E-state index contributed by atoms with van der Waals surface area (Å²) in [6.45, 7) is 2.46. The van der Waals surface area contributed by atoms with Crippen LogP contribution in [0.25, 0.3) is 0 Å². The Labute approximate surface area is 129 Å². The standard InChI is InChI=1S/C13H15F3N2O3S/c1-2-21-12(20)8-3-5-18(6-4-8)11(19)9-10(13(14,15)16)17-7-22-9/h7-8H,2-6H2,1H3. The van der Waals surface area contributed by atoms with Gasteiger partial charge in [0.05, 0.1) is 18.0 Å². The molecular weight excluding hydrogens is 321 g/mol. The number of hydrogen-bond acceptors (Lipinski definition) is 5. The van der Waals surface area contributed by atoms with E-state index < -0.39 is 22.7 Å². The molecule has 1 aliphatic heterocycles. The van der Waals surface area contributed by atoms with E-state index in [0.29, 0.717) is 24.2 Å². The molecule has 9 heteroatoms. The first-order chi connectivity index (χ1) is 10.3. The van der Waals surface area contributed by atoms with Crippen LogP contribution in [0.4, 0.5) is 13.2 Å². The minimum absolute atomic E-state index is 0.234. The maximum Gasteiger partial charge on any atom is 0.434 e. The molecule has 0 saturated carbocycles. The molecule has 0 bridgehead atoms. The van der Waals surface area contributed by atoms with E-state index in [2.05, 4.69) is 4.98 Å². The van der Waals surface area contributed by atoms with E-state index in [0.717, 1.165) is 5.51 Å². The maximum atomic E-state index is 12.8. The summed E-state index contributed by atoms with van der Waals surface area (Å²) in [6.07, 6.45) is -3.86. The average molecular weight is 336 g/mol. The number of halogens is 3. The molecule has 1 fully saturated rings. The molecule has 1 saturated heterocycles. The average Bonchev–Trinajstić information content (AvgIpc) is 2.96. The van der Waals surface area contributed by atoms with Gasteiger partial charge in [-0.05, 0) is 19.8 Å². The number of thiazole rings is 1. The zero-order valence-electron chi connectivity index (χ0n) is 11.9. The number of hydrogen-bond donors (Lipinski definition) is 0. The molecule has 0 unspecified atom stereocenters. The zero-order valence-corrected chi connectivity index (χ0v) is 12.7. The lowest BCUT2D eigenvalue weighted by Crippen LogP contribution is -2.41. The summed E-state index contributed by atoms with van der Waals surface area (Å²) in [5.74, 6) is -1.30. The Morgan fingerprint density at radius 1 is 1.41 bits per heavy atom. The van der Waals surface area contributed by atoms with Crippen LogP contribution in [0.5, 0.6) is 0 Å². The Balaban J connectivity index is 2.02. The minimum Gasteiger partial charge on any atom is -0.466 e. The van der Waals surface area contributed by atoms with Crippen LogP contribution >= 0.6 is 11.3 Å². The Kier molecular flexibility index (Phi) is 5.05. The summed E-state index contributed by atoms with van der Waals surface area (Å²) in [5.41, 5.74) is -0.128. The first kappa shape index (κ1) is 16.7. The lowest BCUT2D eigenvalue weighted by molar-refractivity contribution is -0.149. The Bertz CT molecular complexity index is 551. The van der Waals surface area contributed by atoms with Crippen LogP contribution < -0.4 is 0 Å². The number of carbonyl (C=O) groups excluding carboxylic acids is 2. The topological polar surface area (TPSA) is 59.5 Å². The number of amides is 1. The summed E-state index contributed by atoms with van der Waals surface area (Å²) < 4.78 is 43.2. The fourth-order valence-electron chi connectivity index (χ4n) is 2.32. The van der Waals surface area contributed by atoms with E-state index in [4.69, 9.17) is 4.74 Å². The number of ether oxygens (including phenoxy) is 1. The highest BCUT2D eigenvalue weighted by molar-refractivity contribution is 7.11. The zero-order chi connectivity index (χ0) is 16.3. The molecule has 0 atom stereocenters. The van der Waals surface area contributed by atoms with Crippen LogP contribution in [-0.2, 0) is 15.7 Å². The molecule has 1 aliphatic rings. The second kappa shape index (κ2) is 6.64. The van der Waals surface area contributed by atoms with Gasteiger partial charge in [-0.25, -0.2) is 4.98 Å². The number of alkyl halides is 3. The molecule has 22 heavy (non-hydrogen) atoms. The third kappa shape index (κ3) is 3.57. The molecule has 122 valence electrons. The van der Waals surface area contributed by atoms with Crippen molar-refractivity contribution >= 4 is 23.2 Å². The van der Waals surface area contributed by atoms with Gasteiger partial charge in [0, 0.05) is 13.1 Å². The number of nitrogens with zero attached hydrogens (tertiary/aromatic N) is 2. The van der Waals surface area contributed by atoms with Crippen LogP contribution in [0.15, 0.2) is 5.51 Å². The SMILES string of the molecule is CCOC(=O)C1CCN(C(=O)c2scnc2C(F)(F)F)CC1. The highest BCUT2D eigenvalue weighted by Gasteiger charge is 2.40. The lowest BCUT2D eigenvalue weighted by atomic mass is 9.97. The van der Waals surface area contributed by atoms with E-state index in [1.807, 2.05) is 0 Å². The number of esters is 1. The molecule has 0 N–H and O–H groups in total. The Morgan fingerprint density at radius 3 is 2.59 bits per heavy atom. The molecule has 0 spiro atoms. The Morgan fingerprint density at radius 2 is 2.05 bits per heavy atom. The van der Waals surface area contributed by atoms with Gasteiger partial charge in [-0.3, -0.25) is 9.59 Å². The molecule has 2 rings (SSSR count). The quantitative estimate of drug-likeness (QED) is 0.796. The highest BCUT2D eigenvalue weighted by atomic mass is 32.1. The summed E-state index contributed by atoms with van der Waals surface area (Å²) in [7, 11) is 0. The van der Waals surface area contributed by atoms with Crippen LogP contribution in [0.3, 0.4) is 0 Å². The van der Waals surface area contributed by atoms with Crippen molar-refractivity contribution in [2.24, 2.45) is 5.92 Å². The van der Waals surface area contributed by atoms with E-state index in [1.54, 1.807) is 6.92 Å². The van der Waals surface area contributed by atoms with E-state index in [9.17, 15) is 22.8 Å². The van der Waals surface area contributed by atoms with Crippen molar-refractivity contribution in [3.8, 4) is 0 Å². The van der Waals surface area contributed by atoms with Crippen molar-refractivity contribution in [1.82, 2.24) is 9.88 Å². The fourth-order valence-corrected chi connectivity index (χ4v) is 3.10. The molecule has 5 nitrogen and oxygen atoms in total. The predicted molar refractivity (Wildman–Crippen MR) is 72.4 cm³/mol. The van der Waals surface area contributed by atoms with Gasteiger partial charge in [0.25, 0.3) is 5.91 Å². The van der Waals surface area contributed by atoms with Crippen molar-refractivity contribution in [3.05, 3.63) is 16.1 Å². The second-order valence-electron chi connectivity index (χ2n) is 4.85. The monoisotopic (exact) mass is 336 g/mol. The molecule has 0 aliphatic carbocycles. The summed E-state index contributed by atoms with van der Waals surface area (Å²) in [4.78, 5) is 28.0. The van der Waals surface area contributed by atoms with Crippen molar-refractivity contribution in [2.45, 2.75) is 25.9 Å². The van der Waals surface area contributed by atoms with Gasteiger partial charge in [0.2, 0.25) is 0 Å². The summed E-state index contributed by atoms with van der Waals surface area (Å²) in [6, 6.07) is 0. The number of piperidine rings is 1. The lowest BCUT2D eigenvalue weighted by Gasteiger charge is -2.30. The third-order valence-electron chi connectivity index (χ3n) is 3.43. The van der Waals surface area contributed by atoms with Crippen molar-refractivity contribution in [1.29, 1.82) is 0 Å². The van der Waals surface area contributed by atoms with Gasteiger partial charge >= 0.3 is 12.1 Å². The smallest absolute Gasteiger partial charge is 0.434 e. The van der Waals surface area contributed by atoms with Gasteiger partial charge in [0.15, 0.2) is 5.69 Å². The molecule has 1 amide bonds. The number of carbonyl (C=O) groups is 2. The first-order valence-corrected chi connectivity index (χ1v) is 7.69. The minimum atomic E-state index is -4.64. The van der Waals surface area contributed by atoms with Crippen LogP contribution in [0.2, 0.25) is 0 Å². The molecule has 1 aromatic heterocycles. The number of aromatic nitrogens is 1. The van der Waals surface area contributed by atoms with Gasteiger partial charge < -0.3 is 9.64 Å². The van der Waals surface area contributed by atoms with Crippen LogP contribution in [0, 0.1) is 5.92 Å². The van der Waals surface area contributed by atoms with Gasteiger partial charge in [-0.15, -0.1) is 11.3 Å². The third-order valence-corrected chi connectivity index (χ3v) is 4.25. The van der Waals surface area contributed by atoms with Crippen LogP contribution in [-0.4, -0.2) is 41.5 Å². The number of likely N-dealkylation sites (tertiary alicyclic amines) is 1. The van der Waals surface area contributed by atoms with E-state index in [1.165, 1.54) is 4.90 Å². The highest BCUT2D eigenvalue weighted by Crippen LogP contribution is 2.33.